The Morgan fingerprint density at radius 1 is 1.10 bits per heavy atom. The molecule has 1 aliphatic carbocycles. The number of carbonyl (C=O) groups excluding carboxylic acids is 1. The van der Waals surface area contributed by atoms with Crippen LogP contribution in [0.15, 0.2) is 47.8 Å². The summed E-state index contributed by atoms with van der Waals surface area (Å²) in [5, 5.41) is 0. The number of rotatable bonds is 3. The van der Waals surface area contributed by atoms with E-state index in [1.165, 1.54) is 18.6 Å². The standard InChI is InChI=1S/C21H24N4O4S/c26-21(16-13-22-9-10-23-16)24-11-7-17-18(8-12-24)29-19-3-1-2-4-20(19)30(27,28)25(17)14-15-5-6-15/h1-4,9-10,13,15,17-18H,5-8,11-12,14H2/t17-,18-/m0/s1. The Bertz CT molecular complexity index is 1040. The molecule has 2 aromatic rings. The summed E-state index contributed by atoms with van der Waals surface area (Å²) in [7, 11) is -3.67. The molecule has 9 heteroatoms. The highest BCUT2D eigenvalue weighted by atomic mass is 32.2. The highest BCUT2D eigenvalue weighted by Crippen LogP contribution is 2.39. The Balaban J connectivity index is 1.46. The molecule has 158 valence electrons. The van der Waals surface area contributed by atoms with Crippen LogP contribution in [0.5, 0.6) is 5.75 Å². The normalized spacial score (nSPS) is 25.9. The Kier molecular flexibility index (Phi) is 4.94. The Hall–Kier alpha value is -2.52. The number of amides is 1. The molecule has 1 amide bonds. The zero-order chi connectivity index (χ0) is 20.7. The van der Waals surface area contributed by atoms with Gasteiger partial charge in [0, 0.05) is 38.4 Å². The van der Waals surface area contributed by atoms with Crippen LogP contribution in [0.1, 0.15) is 36.2 Å². The molecule has 1 saturated heterocycles. The van der Waals surface area contributed by atoms with Crippen LogP contribution in [0.2, 0.25) is 0 Å². The third kappa shape index (κ3) is 3.56. The topological polar surface area (TPSA) is 92.7 Å². The van der Waals surface area contributed by atoms with Crippen LogP contribution in [0, 0.1) is 5.92 Å². The Labute approximate surface area is 175 Å². The van der Waals surface area contributed by atoms with Gasteiger partial charge in [0.15, 0.2) is 0 Å². The van der Waals surface area contributed by atoms with Crippen molar-refractivity contribution in [2.45, 2.75) is 42.7 Å². The van der Waals surface area contributed by atoms with Crippen LogP contribution in [-0.2, 0) is 10.0 Å². The Morgan fingerprint density at radius 2 is 1.90 bits per heavy atom. The van der Waals surface area contributed by atoms with Gasteiger partial charge in [0.2, 0.25) is 10.0 Å². The highest BCUT2D eigenvalue weighted by molar-refractivity contribution is 7.89. The summed E-state index contributed by atoms with van der Waals surface area (Å²) in [5.74, 6) is 0.627. The minimum atomic E-state index is -3.67. The summed E-state index contributed by atoms with van der Waals surface area (Å²) in [6.07, 6.45) is 7.39. The van der Waals surface area contributed by atoms with Crippen molar-refractivity contribution in [3.05, 3.63) is 48.5 Å². The van der Waals surface area contributed by atoms with Gasteiger partial charge in [-0.25, -0.2) is 13.4 Å². The molecule has 30 heavy (non-hydrogen) atoms. The van der Waals surface area contributed by atoms with E-state index in [1.54, 1.807) is 33.5 Å². The van der Waals surface area contributed by atoms with Gasteiger partial charge >= 0.3 is 0 Å². The average Bonchev–Trinajstić information content (AvgIpc) is 3.60. The van der Waals surface area contributed by atoms with Crippen molar-refractivity contribution in [3.63, 3.8) is 0 Å². The fourth-order valence-corrected chi connectivity index (χ4v) is 6.20. The summed E-state index contributed by atoms with van der Waals surface area (Å²) in [6, 6.07) is 6.57. The molecule has 0 unspecified atom stereocenters. The van der Waals surface area contributed by atoms with Gasteiger partial charge in [-0.1, -0.05) is 12.1 Å². The van der Waals surface area contributed by atoms with Crippen LogP contribution in [-0.4, -0.2) is 65.3 Å². The Morgan fingerprint density at radius 3 is 2.67 bits per heavy atom. The van der Waals surface area contributed by atoms with Gasteiger partial charge in [0.05, 0.1) is 12.2 Å². The quantitative estimate of drug-likeness (QED) is 0.742. The second kappa shape index (κ2) is 7.63. The first-order chi connectivity index (χ1) is 14.5. The molecule has 3 heterocycles. The van der Waals surface area contributed by atoms with Gasteiger partial charge in [-0.3, -0.25) is 9.78 Å². The molecule has 2 aliphatic heterocycles. The van der Waals surface area contributed by atoms with Crippen LogP contribution in [0.3, 0.4) is 0 Å². The largest absolute Gasteiger partial charge is 0.487 e. The lowest BCUT2D eigenvalue weighted by atomic mass is 10.1. The zero-order valence-corrected chi connectivity index (χ0v) is 17.4. The first kappa shape index (κ1) is 19.4. The molecule has 0 N–H and O–H groups in total. The monoisotopic (exact) mass is 428 g/mol. The summed E-state index contributed by atoms with van der Waals surface area (Å²) in [4.78, 5) is 22.9. The number of nitrogens with zero attached hydrogens (tertiary/aromatic N) is 4. The SMILES string of the molecule is O=C(c1cnccn1)N1CC[C@@H]2Oc3ccccc3S(=O)(=O)N(CC3CC3)[C@H]2CC1. The van der Waals surface area contributed by atoms with Crippen molar-refractivity contribution in [1.82, 2.24) is 19.2 Å². The average molecular weight is 429 g/mol. The number of carbonyl (C=O) groups is 1. The molecule has 2 fully saturated rings. The lowest BCUT2D eigenvalue weighted by Gasteiger charge is -2.31. The summed E-state index contributed by atoms with van der Waals surface area (Å²) in [5.41, 5.74) is 0.299. The molecule has 8 nitrogen and oxygen atoms in total. The summed E-state index contributed by atoms with van der Waals surface area (Å²) >= 11 is 0. The maximum Gasteiger partial charge on any atom is 0.274 e. The summed E-state index contributed by atoms with van der Waals surface area (Å²) < 4.78 is 35.0. The number of benzene rings is 1. The van der Waals surface area contributed by atoms with E-state index in [4.69, 9.17) is 4.74 Å². The number of hydrogen-bond donors (Lipinski definition) is 0. The van der Waals surface area contributed by atoms with Crippen molar-refractivity contribution in [3.8, 4) is 5.75 Å². The second-order valence-corrected chi connectivity index (χ2v) is 10.0. The number of para-hydroxylation sites is 1. The minimum Gasteiger partial charge on any atom is -0.487 e. The molecular formula is C21H24N4O4S. The molecule has 3 aliphatic rings. The van der Waals surface area contributed by atoms with E-state index in [0.29, 0.717) is 49.8 Å². The number of fused-ring (bicyclic) bond motifs is 2. The van der Waals surface area contributed by atoms with Crippen molar-refractivity contribution in [2.24, 2.45) is 5.92 Å². The minimum absolute atomic E-state index is 0.184. The maximum atomic E-state index is 13.5. The van der Waals surface area contributed by atoms with E-state index >= 15 is 0 Å². The summed E-state index contributed by atoms with van der Waals surface area (Å²) in [6.45, 7) is 1.45. The molecule has 1 aromatic heterocycles. The number of sulfonamides is 1. The van der Waals surface area contributed by atoms with E-state index < -0.39 is 10.0 Å². The number of ether oxygens (including phenoxy) is 1. The van der Waals surface area contributed by atoms with E-state index in [0.717, 1.165) is 12.8 Å². The van der Waals surface area contributed by atoms with E-state index in [9.17, 15) is 13.2 Å². The second-order valence-electron chi connectivity index (χ2n) is 8.15. The van der Waals surface area contributed by atoms with E-state index in [2.05, 4.69) is 9.97 Å². The highest BCUT2D eigenvalue weighted by Gasteiger charge is 2.45. The fourth-order valence-electron chi connectivity index (χ4n) is 4.32. The van der Waals surface area contributed by atoms with Gasteiger partial charge in [0.1, 0.15) is 22.4 Å². The third-order valence-corrected chi connectivity index (χ3v) is 8.03. The maximum absolute atomic E-state index is 13.5. The predicted molar refractivity (Wildman–Crippen MR) is 108 cm³/mol. The molecule has 1 saturated carbocycles. The predicted octanol–water partition coefficient (Wildman–Crippen LogP) is 1.94. The number of hydrogen-bond acceptors (Lipinski definition) is 6. The zero-order valence-electron chi connectivity index (χ0n) is 16.6. The smallest absolute Gasteiger partial charge is 0.274 e. The lowest BCUT2D eigenvalue weighted by molar-refractivity contribution is 0.0749. The van der Waals surface area contributed by atoms with Gasteiger partial charge in [0.25, 0.3) is 5.91 Å². The van der Waals surface area contributed by atoms with Crippen molar-refractivity contribution >= 4 is 15.9 Å². The third-order valence-electron chi connectivity index (χ3n) is 6.10. The fraction of sp³-hybridized carbons (Fsp3) is 0.476. The molecule has 0 spiro atoms. The number of likely N-dealkylation sites (tertiary alicyclic amines) is 1. The number of aromatic nitrogens is 2. The van der Waals surface area contributed by atoms with Crippen molar-refractivity contribution < 1.29 is 17.9 Å². The first-order valence-electron chi connectivity index (χ1n) is 10.4. The van der Waals surface area contributed by atoms with Crippen molar-refractivity contribution in [1.29, 1.82) is 0 Å². The molecule has 0 radical (unpaired) electrons. The van der Waals surface area contributed by atoms with Crippen LogP contribution in [0.4, 0.5) is 0 Å². The van der Waals surface area contributed by atoms with Crippen LogP contribution >= 0.6 is 0 Å². The molecular weight excluding hydrogens is 404 g/mol. The van der Waals surface area contributed by atoms with E-state index in [-0.39, 0.29) is 22.9 Å². The van der Waals surface area contributed by atoms with Gasteiger partial charge in [-0.15, -0.1) is 0 Å². The van der Waals surface area contributed by atoms with E-state index in [1.807, 2.05) is 0 Å². The van der Waals surface area contributed by atoms with Crippen LogP contribution in [0.25, 0.3) is 0 Å². The molecule has 2 atom stereocenters. The lowest BCUT2D eigenvalue weighted by Crippen LogP contribution is -2.48. The van der Waals surface area contributed by atoms with Crippen molar-refractivity contribution in [2.75, 3.05) is 19.6 Å². The molecule has 0 bridgehead atoms. The molecule has 5 rings (SSSR count). The van der Waals surface area contributed by atoms with Gasteiger partial charge in [-0.05, 0) is 37.3 Å². The van der Waals surface area contributed by atoms with Crippen LogP contribution < -0.4 is 4.74 Å². The van der Waals surface area contributed by atoms with Gasteiger partial charge in [-0.2, -0.15) is 4.31 Å². The first-order valence-corrected chi connectivity index (χ1v) is 11.8. The molecule has 1 aromatic carbocycles. The van der Waals surface area contributed by atoms with Gasteiger partial charge < -0.3 is 9.64 Å².